The molecule has 260 valence electrons. The number of hydrogen-bond acceptors (Lipinski definition) is 5. The quantitative estimate of drug-likeness (QED) is 0.101. The van der Waals surface area contributed by atoms with Crippen LogP contribution < -0.4 is 0 Å². The van der Waals surface area contributed by atoms with Crippen LogP contribution in [0.5, 0.6) is 0 Å². The zero-order valence-electron chi connectivity index (χ0n) is 28.4. The number of alkyl halides is 6. The molecule has 2 heterocycles. The van der Waals surface area contributed by atoms with Crippen LogP contribution in [0.3, 0.4) is 0 Å². The van der Waals surface area contributed by atoms with Crippen molar-refractivity contribution in [2.45, 2.75) is 84.5 Å². The number of fused-ring (bicyclic) bond motifs is 1. The van der Waals surface area contributed by atoms with Gasteiger partial charge in [-0.25, -0.2) is 0 Å². The predicted molar refractivity (Wildman–Crippen MR) is 172 cm³/mol. The smallest absolute Gasteiger partial charge is 0.416 e. The minimum absolute atomic E-state index is 0.229. The van der Waals surface area contributed by atoms with Gasteiger partial charge in [0.15, 0.2) is 5.71 Å². The van der Waals surface area contributed by atoms with Gasteiger partial charge < -0.3 is 9.64 Å². The molecule has 0 amide bonds. The highest BCUT2D eigenvalue weighted by Crippen LogP contribution is 2.49. The SMILES string of the molecule is COC1=C(/C=C2\N(CCCC#N)C(/C=C\CC(F)(F)F)=C(C)C2(C)C)C(=O)/C1=C/C1=[N+](CCCC#N)c2ccc(C(F)(F)F)cc2C1(C)C. The van der Waals surface area contributed by atoms with Crippen molar-refractivity contribution in [1.29, 1.82) is 10.5 Å². The molecule has 49 heavy (non-hydrogen) atoms. The van der Waals surface area contributed by atoms with E-state index < -0.39 is 35.2 Å². The Kier molecular flexibility index (Phi) is 10.4. The average Bonchev–Trinajstić information content (AvgIpc) is 3.33. The number of ether oxygens (including phenoxy) is 1. The predicted octanol–water partition coefficient (Wildman–Crippen LogP) is 9.11. The number of carbonyl (C=O) groups excluding carboxylic acids is 1. The molecule has 12 heteroatoms. The van der Waals surface area contributed by atoms with Crippen LogP contribution in [0.15, 0.2) is 76.4 Å². The lowest BCUT2D eigenvalue weighted by molar-refractivity contribution is -0.438. The minimum Gasteiger partial charge on any atom is -0.495 e. The van der Waals surface area contributed by atoms with Gasteiger partial charge in [-0.15, -0.1) is 0 Å². The molecule has 1 aliphatic carbocycles. The molecule has 1 aromatic rings. The number of rotatable bonds is 11. The van der Waals surface area contributed by atoms with E-state index in [4.69, 9.17) is 15.3 Å². The lowest BCUT2D eigenvalue weighted by atomic mass is 9.77. The van der Waals surface area contributed by atoms with Crippen LogP contribution in [-0.4, -0.2) is 47.3 Å². The number of carbonyl (C=O) groups is 1. The molecule has 0 saturated carbocycles. The van der Waals surface area contributed by atoms with E-state index in [1.807, 2.05) is 30.2 Å². The van der Waals surface area contributed by atoms with Gasteiger partial charge in [-0.1, -0.05) is 19.9 Å². The van der Waals surface area contributed by atoms with Gasteiger partial charge in [0.25, 0.3) is 0 Å². The molecule has 6 nitrogen and oxygen atoms in total. The molecular formula is C37H39F6N4O2+. The number of allylic oxidation sites excluding steroid dienone is 7. The first-order valence-corrected chi connectivity index (χ1v) is 15.9. The van der Waals surface area contributed by atoms with E-state index >= 15 is 0 Å². The summed E-state index contributed by atoms with van der Waals surface area (Å²) in [6.07, 6.45) is -2.87. The van der Waals surface area contributed by atoms with Crippen molar-refractivity contribution in [1.82, 2.24) is 4.90 Å². The van der Waals surface area contributed by atoms with E-state index in [0.29, 0.717) is 54.3 Å². The second-order valence-corrected chi connectivity index (χ2v) is 13.3. The van der Waals surface area contributed by atoms with E-state index in [9.17, 15) is 31.1 Å². The lowest BCUT2D eigenvalue weighted by Crippen LogP contribution is -2.32. The molecule has 0 unspecified atom stereocenters. The Bertz CT molecular complexity index is 1800. The normalized spacial score (nSPS) is 20.4. The first kappa shape index (κ1) is 37.2. The first-order chi connectivity index (χ1) is 22.8. The number of halogens is 6. The molecule has 0 bridgehead atoms. The number of Topliss-reactive ketones (excluding diaryl/α,β-unsaturated/α-hetero) is 1. The van der Waals surface area contributed by atoms with Gasteiger partial charge in [0, 0.05) is 60.3 Å². The molecule has 4 rings (SSSR count). The molecule has 0 saturated heterocycles. The number of methoxy groups -OCH3 is 1. The summed E-state index contributed by atoms with van der Waals surface area (Å²) in [4.78, 5) is 15.7. The van der Waals surface area contributed by atoms with Crippen molar-refractivity contribution in [3.05, 3.63) is 87.5 Å². The van der Waals surface area contributed by atoms with Crippen LogP contribution in [0.2, 0.25) is 0 Å². The second-order valence-electron chi connectivity index (χ2n) is 13.3. The summed E-state index contributed by atoms with van der Waals surface area (Å²) >= 11 is 0. The van der Waals surface area contributed by atoms with Crippen LogP contribution in [0, 0.1) is 28.1 Å². The van der Waals surface area contributed by atoms with Gasteiger partial charge in [-0.3, -0.25) is 4.79 Å². The molecule has 3 aliphatic rings. The Morgan fingerprint density at radius 3 is 2.22 bits per heavy atom. The Morgan fingerprint density at radius 1 is 0.980 bits per heavy atom. The van der Waals surface area contributed by atoms with E-state index in [-0.39, 0.29) is 35.5 Å². The fourth-order valence-electron chi connectivity index (χ4n) is 6.57. The van der Waals surface area contributed by atoms with Gasteiger partial charge in [0.1, 0.15) is 12.3 Å². The highest BCUT2D eigenvalue weighted by Gasteiger charge is 2.48. The Balaban J connectivity index is 1.82. The number of unbranched alkanes of at least 4 members (excludes halogenated alkanes) is 2. The zero-order valence-corrected chi connectivity index (χ0v) is 28.4. The maximum absolute atomic E-state index is 13.9. The van der Waals surface area contributed by atoms with Gasteiger partial charge in [-0.2, -0.15) is 41.4 Å². The van der Waals surface area contributed by atoms with Gasteiger partial charge >= 0.3 is 12.4 Å². The topological polar surface area (TPSA) is 80.1 Å². The third kappa shape index (κ3) is 7.24. The fraction of sp³-hybridized carbons (Fsp3) is 0.459. The summed E-state index contributed by atoms with van der Waals surface area (Å²) in [6, 6.07) is 7.75. The van der Waals surface area contributed by atoms with Crippen molar-refractivity contribution in [2.24, 2.45) is 5.41 Å². The standard InChI is InChI=1S/C37H39F6N4O2/c1-23-28(12-11-15-36(38,39)40)46(18-9-7-16-44)30(34(23,2)3)21-25-32(48)26(33(25)49-6)22-31-35(4,5)27-20-24(37(41,42)43)13-14-29(27)47(31)19-10-8-17-45/h11-14,20-22H,7-10,15,18-19H2,1-6H3/q+1/b12-11-. The summed E-state index contributed by atoms with van der Waals surface area (Å²) in [6.45, 7) is 9.89. The second kappa shape index (κ2) is 13.7. The van der Waals surface area contributed by atoms with Crippen LogP contribution in [0.4, 0.5) is 32.0 Å². The van der Waals surface area contributed by atoms with Crippen LogP contribution in [0.1, 0.15) is 77.8 Å². The summed E-state index contributed by atoms with van der Waals surface area (Å²) in [5.41, 5.74) is 1.67. The maximum atomic E-state index is 13.9. The number of benzene rings is 1. The van der Waals surface area contributed by atoms with Crippen molar-refractivity contribution >= 4 is 17.2 Å². The fourth-order valence-corrected chi connectivity index (χ4v) is 6.57. The average molecular weight is 686 g/mol. The number of nitrogens with zero attached hydrogens (tertiary/aromatic N) is 4. The largest absolute Gasteiger partial charge is 0.495 e. The molecule has 0 N–H and O–H groups in total. The molecule has 0 radical (unpaired) electrons. The highest BCUT2D eigenvalue weighted by atomic mass is 19.4. The maximum Gasteiger partial charge on any atom is 0.416 e. The van der Waals surface area contributed by atoms with Gasteiger partial charge in [0.05, 0.1) is 47.8 Å². The van der Waals surface area contributed by atoms with Crippen molar-refractivity contribution in [2.75, 3.05) is 20.2 Å². The summed E-state index contributed by atoms with van der Waals surface area (Å²) in [7, 11) is 1.41. The third-order valence-electron chi connectivity index (χ3n) is 9.47. The molecule has 2 aliphatic heterocycles. The van der Waals surface area contributed by atoms with E-state index in [1.54, 1.807) is 26.0 Å². The Hall–Kier alpha value is -4.58. The summed E-state index contributed by atoms with van der Waals surface area (Å²) in [5, 5.41) is 18.3. The number of ketones is 1. The Morgan fingerprint density at radius 2 is 1.63 bits per heavy atom. The van der Waals surface area contributed by atoms with Crippen LogP contribution in [-0.2, 0) is 21.1 Å². The molecule has 0 atom stereocenters. The lowest BCUT2D eigenvalue weighted by Gasteiger charge is -2.31. The van der Waals surface area contributed by atoms with Crippen molar-refractivity contribution < 1.29 is 40.4 Å². The molecular weight excluding hydrogens is 646 g/mol. The summed E-state index contributed by atoms with van der Waals surface area (Å²) < 4.78 is 87.6. The summed E-state index contributed by atoms with van der Waals surface area (Å²) in [5.74, 6) is -0.0840. The van der Waals surface area contributed by atoms with Crippen molar-refractivity contribution in [3.63, 3.8) is 0 Å². The highest BCUT2D eigenvalue weighted by molar-refractivity contribution is 6.24. The van der Waals surface area contributed by atoms with Crippen LogP contribution in [0.25, 0.3) is 0 Å². The van der Waals surface area contributed by atoms with E-state index in [1.165, 1.54) is 19.3 Å². The monoisotopic (exact) mass is 685 g/mol. The molecule has 1 aromatic carbocycles. The molecule has 0 spiro atoms. The number of hydrogen-bond donors (Lipinski definition) is 0. The molecule has 0 fully saturated rings. The van der Waals surface area contributed by atoms with Crippen molar-refractivity contribution in [3.8, 4) is 12.1 Å². The zero-order chi connectivity index (χ0) is 36.5. The minimum atomic E-state index is -4.55. The Labute approximate surface area is 282 Å². The van der Waals surface area contributed by atoms with Gasteiger partial charge in [0.2, 0.25) is 11.5 Å². The number of nitriles is 2. The third-order valence-corrected chi connectivity index (χ3v) is 9.47. The van der Waals surface area contributed by atoms with E-state index in [2.05, 4.69) is 12.1 Å². The first-order valence-electron chi connectivity index (χ1n) is 15.9. The molecule has 0 aromatic heterocycles. The van der Waals surface area contributed by atoms with E-state index in [0.717, 1.165) is 23.8 Å². The van der Waals surface area contributed by atoms with Crippen LogP contribution >= 0.6 is 0 Å². The van der Waals surface area contributed by atoms with Gasteiger partial charge in [-0.05, 0) is 57.0 Å².